The van der Waals surface area contributed by atoms with Crippen LogP contribution < -0.4 is 10.1 Å². The van der Waals surface area contributed by atoms with E-state index in [0.717, 1.165) is 48.9 Å². The zero-order chi connectivity index (χ0) is 14.8. The van der Waals surface area contributed by atoms with Crippen molar-refractivity contribution in [2.24, 2.45) is 0 Å². The molecular formula is C16H26ClNO2. The molecule has 114 valence electrons. The van der Waals surface area contributed by atoms with Crippen LogP contribution in [-0.2, 0) is 11.2 Å². The van der Waals surface area contributed by atoms with Gasteiger partial charge in [0.25, 0.3) is 0 Å². The summed E-state index contributed by atoms with van der Waals surface area (Å²) < 4.78 is 11.2. The van der Waals surface area contributed by atoms with Crippen molar-refractivity contribution in [1.82, 2.24) is 5.32 Å². The molecule has 0 aromatic heterocycles. The lowest BCUT2D eigenvalue weighted by molar-refractivity contribution is 0.0770. The highest BCUT2D eigenvalue weighted by Gasteiger charge is 2.01. The minimum absolute atomic E-state index is 0.316. The first-order chi connectivity index (χ1) is 9.63. The Morgan fingerprint density at radius 1 is 1.20 bits per heavy atom. The Morgan fingerprint density at radius 2 is 2.00 bits per heavy atom. The Morgan fingerprint density at radius 3 is 2.70 bits per heavy atom. The minimum atomic E-state index is 0.316. The third-order valence-electron chi connectivity index (χ3n) is 2.89. The maximum absolute atomic E-state index is 6.07. The maximum atomic E-state index is 6.07. The van der Waals surface area contributed by atoms with Gasteiger partial charge in [0.05, 0.1) is 6.10 Å². The van der Waals surface area contributed by atoms with Crippen LogP contribution in [0.25, 0.3) is 0 Å². The Kier molecular flexibility index (Phi) is 8.67. The summed E-state index contributed by atoms with van der Waals surface area (Å²) in [7, 11) is 0. The van der Waals surface area contributed by atoms with E-state index >= 15 is 0 Å². The van der Waals surface area contributed by atoms with E-state index in [1.54, 1.807) is 0 Å². The number of nitrogens with one attached hydrogen (secondary N) is 1. The van der Waals surface area contributed by atoms with Crippen LogP contribution in [0, 0.1) is 0 Å². The highest BCUT2D eigenvalue weighted by molar-refractivity contribution is 6.31. The van der Waals surface area contributed by atoms with Crippen LogP contribution >= 0.6 is 11.6 Å². The van der Waals surface area contributed by atoms with Gasteiger partial charge in [0.2, 0.25) is 0 Å². The van der Waals surface area contributed by atoms with E-state index in [4.69, 9.17) is 21.1 Å². The lowest BCUT2D eigenvalue weighted by atomic mass is 10.1. The molecule has 1 N–H and O–H groups in total. The van der Waals surface area contributed by atoms with Crippen LogP contribution in [-0.4, -0.2) is 32.4 Å². The number of aryl methyl sites for hydroxylation is 1. The first-order valence-electron chi connectivity index (χ1n) is 7.37. The summed E-state index contributed by atoms with van der Waals surface area (Å²) in [5.74, 6) is 0.885. The van der Waals surface area contributed by atoms with Gasteiger partial charge in [-0.3, -0.25) is 0 Å². The lowest BCUT2D eigenvalue weighted by Gasteiger charge is -2.10. The molecule has 1 aromatic rings. The van der Waals surface area contributed by atoms with Crippen LogP contribution in [0.4, 0.5) is 0 Å². The predicted octanol–water partition coefficient (Wildman–Crippen LogP) is 3.69. The van der Waals surface area contributed by atoms with Gasteiger partial charge >= 0.3 is 0 Å². The van der Waals surface area contributed by atoms with Gasteiger partial charge in [-0.1, -0.05) is 18.5 Å². The van der Waals surface area contributed by atoms with E-state index in [0.29, 0.717) is 12.7 Å². The topological polar surface area (TPSA) is 30.5 Å². The van der Waals surface area contributed by atoms with Crippen molar-refractivity contribution in [2.75, 3.05) is 26.3 Å². The van der Waals surface area contributed by atoms with Gasteiger partial charge < -0.3 is 14.8 Å². The molecule has 0 bridgehead atoms. The molecule has 0 atom stereocenters. The van der Waals surface area contributed by atoms with Gasteiger partial charge in [0.15, 0.2) is 0 Å². The standard InChI is InChI=1S/C16H26ClNO2/c1-4-14-12-15(6-7-16(14)17)20-11-9-18-8-5-10-19-13(2)3/h6-7,12-13,18H,4-5,8-11H2,1-3H3. The summed E-state index contributed by atoms with van der Waals surface area (Å²) in [6.45, 7) is 9.46. The van der Waals surface area contributed by atoms with Crippen molar-refractivity contribution in [1.29, 1.82) is 0 Å². The molecule has 20 heavy (non-hydrogen) atoms. The quantitative estimate of drug-likeness (QED) is 0.669. The smallest absolute Gasteiger partial charge is 0.119 e. The fourth-order valence-electron chi connectivity index (χ4n) is 1.79. The molecule has 0 radical (unpaired) electrons. The van der Waals surface area contributed by atoms with Crippen LogP contribution in [0.2, 0.25) is 5.02 Å². The highest BCUT2D eigenvalue weighted by atomic mass is 35.5. The summed E-state index contributed by atoms with van der Waals surface area (Å²) in [5.41, 5.74) is 1.13. The third-order valence-corrected chi connectivity index (χ3v) is 3.26. The molecule has 0 amide bonds. The molecule has 0 aliphatic carbocycles. The monoisotopic (exact) mass is 299 g/mol. The second-order valence-corrected chi connectivity index (χ2v) is 5.39. The van der Waals surface area contributed by atoms with Crippen molar-refractivity contribution < 1.29 is 9.47 Å². The summed E-state index contributed by atoms with van der Waals surface area (Å²) in [4.78, 5) is 0. The molecule has 0 aliphatic heterocycles. The number of rotatable bonds is 10. The molecule has 0 spiro atoms. The summed E-state index contributed by atoms with van der Waals surface area (Å²) >= 11 is 6.07. The molecule has 0 unspecified atom stereocenters. The highest BCUT2D eigenvalue weighted by Crippen LogP contribution is 2.22. The van der Waals surface area contributed by atoms with E-state index in [1.807, 2.05) is 18.2 Å². The maximum Gasteiger partial charge on any atom is 0.119 e. The summed E-state index contributed by atoms with van der Waals surface area (Å²) in [6.07, 6.45) is 2.26. The predicted molar refractivity (Wildman–Crippen MR) is 84.9 cm³/mol. The van der Waals surface area contributed by atoms with E-state index < -0.39 is 0 Å². The average Bonchev–Trinajstić information content (AvgIpc) is 2.43. The van der Waals surface area contributed by atoms with Gasteiger partial charge in [-0.05, 0) is 57.0 Å². The molecule has 0 fully saturated rings. The molecule has 1 rings (SSSR count). The van der Waals surface area contributed by atoms with Crippen molar-refractivity contribution in [3.05, 3.63) is 28.8 Å². The Labute approximate surface area is 127 Å². The Balaban J connectivity index is 2.09. The zero-order valence-electron chi connectivity index (χ0n) is 12.7. The van der Waals surface area contributed by atoms with E-state index in [-0.39, 0.29) is 0 Å². The third kappa shape index (κ3) is 7.13. The SMILES string of the molecule is CCc1cc(OCCNCCCOC(C)C)ccc1Cl. The van der Waals surface area contributed by atoms with Crippen molar-refractivity contribution in [2.45, 2.75) is 39.7 Å². The molecule has 0 heterocycles. The minimum Gasteiger partial charge on any atom is -0.492 e. The lowest BCUT2D eigenvalue weighted by Crippen LogP contribution is -2.23. The number of ether oxygens (including phenoxy) is 2. The second kappa shape index (κ2) is 10.0. The van der Waals surface area contributed by atoms with Gasteiger partial charge in [-0.2, -0.15) is 0 Å². The number of halogens is 1. The number of hydrogen-bond acceptors (Lipinski definition) is 3. The molecule has 1 aromatic carbocycles. The van der Waals surface area contributed by atoms with E-state index in [9.17, 15) is 0 Å². The second-order valence-electron chi connectivity index (χ2n) is 4.98. The van der Waals surface area contributed by atoms with Gasteiger partial charge in [-0.15, -0.1) is 0 Å². The fraction of sp³-hybridized carbons (Fsp3) is 0.625. The van der Waals surface area contributed by atoms with Gasteiger partial charge in [0.1, 0.15) is 12.4 Å². The first-order valence-corrected chi connectivity index (χ1v) is 7.74. The molecule has 0 saturated carbocycles. The van der Waals surface area contributed by atoms with E-state index in [2.05, 4.69) is 26.1 Å². The van der Waals surface area contributed by atoms with Crippen molar-refractivity contribution in [3.63, 3.8) is 0 Å². The largest absolute Gasteiger partial charge is 0.492 e. The summed E-state index contributed by atoms with van der Waals surface area (Å²) in [5, 5.41) is 4.15. The molecular weight excluding hydrogens is 274 g/mol. The zero-order valence-corrected chi connectivity index (χ0v) is 13.5. The van der Waals surface area contributed by atoms with Gasteiger partial charge in [0, 0.05) is 18.2 Å². The number of benzene rings is 1. The van der Waals surface area contributed by atoms with Crippen LogP contribution in [0.15, 0.2) is 18.2 Å². The van der Waals surface area contributed by atoms with Crippen LogP contribution in [0.3, 0.4) is 0 Å². The molecule has 0 aliphatic rings. The van der Waals surface area contributed by atoms with Crippen LogP contribution in [0.1, 0.15) is 32.8 Å². The molecule has 4 heteroatoms. The van der Waals surface area contributed by atoms with E-state index in [1.165, 1.54) is 0 Å². The Hall–Kier alpha value is -0.770. The fourth-order valence-corrected chi connectivity index (χ4v) is 2.05. The number of hydrogen-bond donors (Lipinski definition) is 1. The van der Waals surface area contributed by atoms with Crippen LogP contribution in [0.5, 0.6) is 5.75 Å². The normalized spacial score (nSPS) is 11.1. The van der Waals surface area contributed by atoms with Crippen molar-refractivity contribution in [3.8, 4) is 5.75 Å². The van der Waals surface area contributed by atoms with Gasteiger partial charge in [-0.25, -0.2) is 0 Å². The van der Waals surface area contributed by atoms with Crippen molar-refractivity contribution >= 4 is 11.6 Å². The summed E-state index contributed by atoms with van der Waals surface area (Å²) in [6, 6.07) is 5.82. The first kappa shape index (κ1) is 17.3. The average molecular weight is 300 g/mol. The Bertz CT molecular complexity index is 383. The molecule has 3 nitrogen and oxygen atoms in total. The molecule has 0 saturated heterocycles.